The van der Waals surface area contributed by atoms with E-state index in [-0.39, 0.29) is 18.2 Å². The lowest BCUT2D eigenvalue weighted by Crippen LogP contribution is -2.36. The van der Waals surface area contributed by atoms with Crippen LogP contribution < -0.4 is 10.1 Å². The largest absolute Gasteiger partial charge is 0.497 e. The van der Waals surface area contributed by atoms with E-state index >= 15 is 0 Å². The van der Waals surface area contributed by atoms with Gasteiger partial charge < -0.3 is 10.1 Å². The Labute approximate surface area is 165 Å². The molecule has 0 saturated heterocycles. The minimum Gasteiger partial charge on any atom is -0.497 e. The molecular weight excluding hydrogens is 354 g/mol. The van der Waals surface area contributed by atoms with E-state index in [1.54, 1.807) is 7.11 Å². The molecule has 1 saturated carbocycles. The van der Waals surface area contributed by atoms with Crippen molar-refractivity contribution in [3.05, 3.63) is 41.2 Å². The smallest absolute Gasteiger partial charge is 0.272 e. The third kappa shape index (κ3) is 3.11. The molecule has 0 aliphatic heterocycles. The summed E-state index contributed by atoms with van der Waals surface area (Å²) in [5.74, 6) is 1.38. The van der Waals surface area contributed by atoms with Gasteiger partial charge in [0.05, 0.1) is 25.0 Å². The monoisotopic (exact) mass is 381 g/mol. The number of Topliss-reactive ketones (excluding diaryl/α,β-unsaturated/α-hetero) is 1. The third-order valence-electron chi connectivity index (χ3n) is 5.96. The first-order valence-corrected chi connectivity index (χ1v) is 9.88. The highest BCUT2D eigenvalue weighted by Gasteiger charge is 2.44. The molecule has 1 fully saturated rings. The van der Waals surface area contributed by atoms with Crippen molar-refractivity contribution in [1.29, 1.82) is 0 Å². The van der Waals surface area contributed by atoms with Crippen LogP contribution in [0.3, 0.4) is 0 Å². The van der Waals surface area contributed by atoms with E-state index in [2.05, 4.69) is 5.32 Å². The van der Waals surface area contributed by atoms with Crippen LogP contribution in [-0.4, -0.2) is 35.1 Å². The molecule has 6 nitrogen and oxygen atoms in total. The number of carbonyl (C=O) groups is 2. The van der Waals surface area contributed by atoms with Crippen LogP contribution in [0.1, 0.15) is 73.6 Å². The average Bonchev–Trinajstić information content (AvgIpc) is 3.37. The molecule has 148 valence electrons. The van der Waals surface area contributed by atoms with Crippen LogP contribution in [0, 0.1) is 5.41 Å². The predicted octanol–water partition coefficient (Wildman–Crippen LogP) is 3.59. The van der Waals surface area contributed by atoms with Crippen LogP contribution in [0.15, 0.2) is 24.3 Å². The molecule has 0 radical (unpaired) electrons. The number of fused-ring (bicyclic) bond motifs is 5. The van der Waals surface area contributed by atoms with E-state index in [0.717, 1.165) is 42.0 Å². The zero-order chi connectivity index (χ0) is 20.1. The number of hydrogen-bond acceptors (Lipinski definition) is 4. The predicted molar refractivity (Wildman–Crippen MR) is 106 cm³/mol. The molecule has 1 N–H and O–H groups in total. The van der Waals surface area contributed by atoms with Gasteiger partial charge in [0.1, 0.15) is 5.75 Å². The number of aromatic nitrogens is 2. The maximum absolute atomic E-state index is 12.9. The summed E-state index contributed by atoms with van der Waals surface area (Å²) in [5.41, 5.74) is 3.16. The molecule has 2 atom stereocenters. The Kier molecular flexibility index (Phi) is 4.52. The number of methoxy groups -OCH3 is 1. The van der Waals surface area contributed by atoms with Gasteiger partial charge in [0.25, 0.3) is 5.91 Å². The fourth-order valence-electron chi connectivity index (χ4n) is 4.33. The highest BCUT2D eigenvalue weighted by atomic mass is 16.5. The Hall–Kier alpha value is -2.63. The first-order valence-electron chi connectivity index (χ1n) is 9.88. The van der Waals surface area contributed by atoms with Gasteiger partial charge in [0.15, 0.2) is 11.5 Å². The van der Waals surface area contributed by atoms with Crippen molar-refractivity contribution in [3.8, 4) is 11.4 Å². The molecule has 28 heavy (non-hydrogen) atoms. The highest BCUT2D eigenvalue weighted by Crippen LogP contribution is 2.54. The number of nitrogens with one attached hydrogen (secondary N) is 1. The fraction of sp³-hybridized carbons (Fsp3) is 0.500. The normalized spacial score (nSPS) is 20.1. The number of rotatable bonds is 5. The number of carbonyl (C=O) groups excluding carboxylic acids is 2. The van der Waals surface area contributed by atoms with Gasteiger partial charge in [-0.05, 0) is 49.4 Å². The van der Waals surface area contributed by atoms with Gasteiger partial charge in [-0.3, -0.25) is 9.59 Å². The molecule has 0 spiro atoms. The molecule has 1 heterocycles. The summed E-state index contributed by atoms with van der Waals surface area (Å²) in [5, 5.41) is 7.48. The van der Waals surface area contributed by atoms with Crippen LogP contribution in [0.4, 0.5) is 0 Å². The van der Waals surface area contributed by atoms with Gasteiger partial charge in [-0.25, -0.2) is 4.68 Å². The summed E-state index contributed by atoms with van der Waals surface area (Å²) in [6.07, 6.45) is 3.33. The summed E-state index contributed by atoms with van der Waals surface area (Å²) in [6.45, 7) is 5.60. The van der Waals surface area contributed by atoms with Crippen molar-refractivity contribution in [3.63, 3.8) is 0 Å². The van der Waals surface area contributed by atoms with E-state index in [9.17, 15) is 9.59 Å². The van der Waals surface area contributed by atoms with Crippen LogP contribution in [0.2, 0.25) is 0 Å². The Balaban J connectivity index is 1.66. The van der Waals surface area contributed by atoms with Gasteiger partial charge in [-0.15, -0.1) is 0 Å². The second-order valence-electron chi connectivity index (χ2n) is 8.82. The van der Waals surface area contributed by atoms with Crippen molar-refractivity contribution in [1.82, 2.24) is 15.1 Å². The molecule has 1 aromatic carbocycles. The van der Waals surface area contributed by atoms with Crippen molar-refractivity contribution in [2.24, 2.45) is 5.41 Å². The Morgan fingerprint density at radius 3 is 2.50 bits per heavy atom. The first kappa shape index (κ1) is 18.7. The molecule has 6 heteroatoms. The SMILES string of the molecule is COc1ccc(-n2nc(C(=O)NCC(=O)C(C)(C)C)c3c2C2CCC3C2)cc1. The van der Waals surface area contributed by atoms with Crippen LogP contribution in [0.25, 0.3) is 5.69 Å². The molecule has 2 unspecified atom stereocenters. The molecule has 1 aromatic heterocycles. The summed E-state index contributed by atoms with van der Waals surface area (Å²) in [7, 11) is 1.64. The van der Waals surface area contributed by atoms with E-state index in [0.29, 0.717) is 17.5 Å². The number of ketones is 1. The van der Waals surface area contributed by atoms with Gasteiger partial charge in [-0.2, -0.15) is 5.10 Å². The molecule has 4 rings (SSSR count). The Bertz CT molecular complexity index is 922. The lowest BCUT2D eigenvalue weighted by atomic mass is 9.91. The fourth-order valence-corrected chi connectivity index (χ4v) is 4.33. The summed E-state index contributed by atoms with van der Waals surface area (Å²) in [4.78, 5) is 25.1. The van der Waals surface area contributed by atoms with E-state index in [1.807, 2.05) is 49.7 Å². The molecular formula is C22H27N3O3. The van der Waals surface area contributed by atoms with E-state index in [4.69, 9.17) is 9.84 Å². The van der Waals surface area contributed by atoms with Crippen molar-refractivity contribution in [2.75, 3.05) is 13.7 Å². The second kappa shape index (κ2) is 6.76. The van der Waals surface area contributed by atoms with Crippen LogP contribution >= 0.6 is 0 Å². The van der Waals surface area contributed by atoms with E-state index in [1.165, 1.54) is 0 Å². The van der Waals surface area contributed by atoms with Gasteiger partial charge >= 0.3 is 0 Å². The maximum Gasteiger partial charge on any atom is 0.272 e. The van der Waals surface area contributed by atoms with Crippen LogP contribution in [-0.2, 0) is 4.79 Å². The third-order valence-corrected chi connectivity index (χ3v) is 5.96. The first-order chi connectivity index (χ1) is 13.3. The number of benzene rings is 1. The van der Waals surface area contributed by atoms with Crippen LogP contribution in [0.5, 0.6) is 5.75 Å². The molecule has 2 aliphatic carbocycles. The Morgan fingerprint density at radius 2 is 1.86 bits per heavy atom. The lowest BCUT2D eigenvalue weighted by Gasteiger charge is -2.17. The van der Waals surface area contributed by atoms with Gasteiger partial charge in [0, 0.05) is 16.9 Å². The van der Waals surface area contributed by atoms with E-state index < -0.39 is 5.41 Å². The van der Waals surface area contributed by atoms with Crippen molar-refractivity contribution < 1.29 is 14.3 Å². The number of ether oxygens (including phenoxy) is 1. The quantitative estimate of drug-likeness (QED) is 0.859. The molecule has 1 amide bonds. The summed E-state index contributed by atoms with van der Waals surface area (Å²) >= 11 is 0. The Morgan fingerprint density at radius 1 is 1.18 bits per heavy atom. The van der Waals surface area contributed by atoms with Crippen molar-refractivity contribution in [2.45, 2.75) is 51.9 Å². The minimum absolute atomic E-state index is 0.00797. The maximum atomic E-state index is 12.9. The van der Waals surface area contributed by atoms with Gasteiger partial charge in [-0.1, -0.05) is 20.8 Å². The number of nitrogens with zero attached hydrogens (tertiary/aromatic N) is 2. The average molecular weight is 381 g/mol. The summed E-state index contributed by atoms with van der Waals surface area (Å²) < 4.78 is 7.16. The molecule has 2 aromatic rings. The zero-order valence-electron chi connectivity index (χ0n) is 16.9. The molecule has 2 bridgehead atoms. The minimum atomic E-state index is -0.475. The van der Waals surface area contributed by atoms with Gasteiger partial charge in [0.2, 0.25) is 0 Å². The number of amides is 1. The molecule has 2 aliphatic rings. The zero-order valence-corrected chi connectivity index (χ0v) is 16.9. The topological polar surface area (TPSA) is 73.2 Å². The second-order valence-corrected chi connectivity index (χ2v) is 8.82. The van der Waals surface area contributed by atoms with Crippen molar-refractivity contribution >= 4 is 11.7 Å². The number of hydrogen-bond donors (Lipinski definition) is 1. The lowest BCUT2D eigenvalue weighted by molar-refractivity contribution is -0.125. The summed E-state index contributed by atoms with van der Waals surface area (Å²) in [6, 6.07) is 7.72. The highest BCUT2D eigenvalue weighted by molar-refractivity contribution is 5.98. The standard InChI is InChI=1S/C22H27N3O3/c1-22(2,3)17(26)12-23-21(27)19-18-13-5-6-14(11-13)20(18)25(24-19)15-7-9-16(28-4)10-8-15/h7-10,13-14H,5-6,11-12H2,1-4H3,(H,23,27).